The van der Waals surface area contributed by atoms with Crippen LogP contribution in [-0.2, 0) is 4.57 Å². The summed E-state index contributed by atoms with van der Waals surface area (Å²) in [6, 6.07) is 0. The molecule has 8 nitrogen and oxygen atoms in total. The molecule has 0 saturated carbocycles. The first-order chi connectivity index (χ1) is 24.1. The van der Waals surface area contributed by atoms with Gasteiger partial charge in [0.05, 0.1) is 30.8 Å². The topological polar surface area (TPSA) is 159 Å². The molecule has 0 spiro atoms. The molecule has 0 bridgehead atoms. The third-order valence-electron chi connectivity index (χ3n) is 10.8. The highest BCUT2D eigenvalue weighted by Crippen LogP contribution is 2.39. The normalized spacial score (nSPS) is 12.3. The van der Waals surface area contributed by atoms with Gasteiger partial charge in [0.25, 0.3) is 0 Å². The lowest BCUT2D eigenvalue weighted by Crippen LogP contribution is -2.55. The minimum Gasteiger partial charge on any atom is -0.395 e. The Balaban J connectivity index is 0. The zero-order chi connectivity index (χ0) is 37.7. The Morgan fingerprint density at radius 3 is 0.680 bits per heavy atom. The molecule has 0 amide bonds. The third kappa shape index (κ3) is 33.8. The van der Waals surface area contributed by atoms with Crippen LogP contribution in [0, 0.1) is 5.41 Å². The van der Waals surface area contributed by atoms with E-state index in [4.69, 9.17) is 19.2 Å². The molecule has 0 radical (unpaired) electrons. The summed E-state index contributed by atoms with van der Waals surface area (Å²) < 4.78 is 8.88. The summed E-state index contributed by atoms with van der Waals surface area (Å²) in [6.07, 6.45) is 43.0. The molecule has 0 rings (SSSR count). The molecule has 0 aliphatic carbocycles. The van der Waals surface area contributed by atoms with Crippen molar-refractivity contribution in [3.8, 4) is 0 Å². The smallest absolute Gasteiger partial charge is 0.395 e. The van der Waals surface area contributed by atoms with Crippen LogP contribution < -0.4 is 0 Å². The van der Waals surface area contributed by atoms with Crippen LogP contribution in [-0.4, -0.2) is 60.5 Å². The molecule has 0 unspecified atom stereocenters. The molecule has 304 valence electrons. The highest BCUT2D eigenvalue weighted by atomic mass is 31.2. The maximum absolute atomic E-state index is 11.7. The quantitative estimate of drug-likeness (QED) is 0.0243. The number of unbranched alkanes of at least 4 members (excludes halogenated alkanes) is 30. The Labute approximate surface area is 309 Å². The van der Waals surface area contributed by atoms with Crippen LogP contribution in [0.2, 0.25) is 0 Å². The highest BCUT2D eigenvalue weighted by molar-refractivity contribution is 7.45. The van der Waals surface area contributed by atoms with Gasteiger partial charge < -0.3 is 35.1 Å². The van der Waals surface area contributed by atoms with Crippen LogP contribution in [0.15, 0.2) is 0 Å². The van der Waals surface area contributed by atoms with Crippen molar-refractivity contribution in [1.82, 2.24) is 0 Å². The summed E-state index contributed by atoms with van der Waals surface area (Å²) in [4.78, 5) is 21.6. The second kappa shape index (κ2) is 37.3. The van der Waals surface area contributed by atoms with Crippen molar-refractivity contribution in [2.75, 3.05) is 19.8 Å². The summed E-state index contributed by atoms with van der Waals surface area (Å²) >= 11 is 0. The van der Waals surface area contributed by atoms with Gasteiger partial charge in [-0.05, 0) is 12.8 Å². The fourth-order valence-electron chi connectivity index (χ4n) is 7.18. The molecule has 0 fully saturated rings. The van der Waals surface area contributed by atoms with Crippen LogP contribution >= 0.6 is 7.82 Å². The van der Waals surface area contributed by atoms with Gasteiger partial charge in [-0.2, -0.15) is 0 Å². The van der Waals surface area contributed by atoms with E-state index in [1.807, 2.05) is 0 Å². The lowest BCUT2D eigenvalue weighted by molar-refractivity contribution is -0.162. The van der Waals surface area contributed by atoms with Gasteiger partial charge in [-0.25, -0.2) is 4.57 Å². The maximum Gasteiger partial charge on any atom is 0.466 e. The van der Waals surface area contributed by atoms with Crippen molar-refractivity contribution in [1.29, 1.82) is 0 Å². The van der Waals surface area contributed by atoms with Gasteiger partial charge in [0.15, 0.2) is 0 Å². The van der Waals surface area contributed by atoms with E-state index < -0.39 is 18.8 Å². The second-order valence-electron chi connectivity index (χ2n) is 15.4. The lowest BCUT2D eigenvalue weighted by atomic mass is 9.68. The van der Waals surface area contributed by atoms with E-state index in [0.717, 1.165) is 25.7 Å². The Morgan fingerprint density at radius 2 is 0.520 bits per heavy atom. The molecule has 0 heterocycles. The summed E-state index contributed by atoms with van der Waals surface area (Å²) in [6.45, 7) is 3.42. The van der Waals surface area contributed by atoms with Crippen LogP contribution in [0.3, 0.4) is 0 Å². The first-order valence-corrected chi connectivity index (χ1v) is 23.0. The fourth-order valence-corrected chi connectivity index (χ4v) is 7.18. The first-order valence-electron chi connectivity index (χ1n) is 21.4. The van der Waals surface area contributed by atoms with E-state index in [1.165, 1.54) is 180 Å². The SMILES string of the molecule is CCCCCCCCCCCCCCCCCCC(O)(CCCCCCCCCCCCCCCCCC)C(CO)(CO)CO.O=P(O)(O)O. The zero-order valence-corrected chi connectivity index (χ0v) is 34.0. The maximum atomic E-state index is 11.7. The number of aliphatic hydroxyl groups is 4. The third-order valence-corrected chi connectivity index (χ3v) is 10.8. The number of hydrogen-bond acceptors (Lipinski definition) is 5. The number of hydrogen-bond donors (Lipinski definition) is 7. The zero-order valence-electron chi connectivity index (χ0n) is 33.1. The van der Waals surface area contributed by atoms with Gasteiger partial charge in [-0.3, -0.25) is 0 Å². The van der Waals surface area contributed by atoms with Crippen molar-refractivity contribution >= 4 is 7.82 Å². The molecular formula is C41H87O8P. The second-order valence-corrected chi connectivity index (χ2v) is 16.4. The number of aliphatic hydroxyl groups excluding tert-OH is 3. The van der Waals surface area contributed by atoms with Crippen molar-refractivity contribution in [3.63, 3.8) is 0 Å². The van der Waals surface area contributed by atoms with Gasteiger partial charge >= 0.3 is 7.82 Å². The van der Waals surface area contributed by atoms with E-state index in [2.05, 4.69) is 13.8 Å². The van der Waals surface area contributed by atoms with E-state index in [-0.39, 0.29) is 19.8 Å². The van der Waals surface area contributed by atoms with Gasteiger partial charge in [0.2, 0.25) is 0 Å². The average molecular weight is 739 g/mol. The Bertz CT molecular complexity index is 660. The predicted octanol–water partition coefficient (Wildman–Crippen LogP) is 11.1. The monoisotopic (exact) mass is 739 g/mol. The van der Waals surface area contributed by atoms with Gasteiger partial charge in [0, 0.05) is 0 Å². The molecule has 0 saturated heterocycles. The fraction of sp³-hybridized carbons (Fsp3) is 1.00. The standard InChI is InChI=1S/C41H84O4.H3O4P/c1-3-5-7-9-11-13-15-17-19-21-23-25-27-29-31-33-35-41(45,40(37-42,38-43)39-44)36-34-32-30-28-26-24-22-20-18-16-14-12-10-8-6-4-2;1-5(2,3)4/h42-45H,3-39H2,1-2H3;(H3,1,2,3,4). The first kappa shape index (κ1) is 52.1. The molecule has 7 N–H and O–H groups in total. The van der Waals surface area contributed by atoms with Crippen LogP contribution in [0.25, 0.3) is 0 Å². The molecule has 0 aromatic rings. The van der Waals surface area contributed by atoms with E-state index >= 15 is 0 Å². The average Bonchev–Trinajstić information content (AvgIpc) is 3.08. The Hall–Kier alpha value is -0.0500. The predicted molar refractivity (Wildman–Crippen MR) is 211 cm³/mol. The van der Waals surface area contributed by atoms with Crippen molar-refractivity contribution in [3.05, 3.63) is 0 Å². The van der Waals surface area contributed by atoms with Crippen LogP contribution in [0.5, 0.6) is 0 Å². The molecule has 9 heteroatoms. The summed E-state index contributed by atoms with van der Waals surface area (Å²) in [5.74, 6) is 0. The highest BCUT2D eigenvalue weighted by Gasteiger charge is 2.48. The van der Waals surface area contributed by atoms with E-state index in [0.29, 0.717) is 12.8 Å². The minimum absolute atomic E-state index is 0.381. The summed E-state index contributed by atoms with van der Waals surface area (Å²) in [5.41, 5.74) is -2.44. The Kier molecular flexibility index (Phi) is 38.8. The van der Waals surface area contributed by atoms with Crippen molar-refractivity contribution in [2.45, 2.75) is 238 Å². The van der Waals surface area contributed by atoms with Crippen LogP contribution in [0.4, 0.5) is 0 Å². The molecule has 0 aromatic heterocycles. The van der Waals surface area contributed by atoms with Gasteiger partial charge in [-0.15, -0.1) is 0 Å². The van der Waals surface area contributed by atoms with Gasteiger partial charge in [0.1, 0.15) is 0 Å². The van der Waals surface area contributed by atoms with Gasteiger partial charge in [-0.1, -0.05) is 219 Å². The number of rotatable bonds is 38. The number of phosphoric acid groups is 1. The molecular weight excluding hydrogens is 651 g/mol. The van der Waals surface area contributed by atoms with E-state index in [9.17, 15) is 20.4 Å². The van der Waals surface area contributed by atoms with Crippen molar-refractivity contribution < 1.29 is 39.7 Å². The summed E-state index contributed by atoms with van der Waals surface area (Å²) in [5, 5.41) is 42.0. The Morgan fingerprint density at radius 1 is 0.360 bits per heavy atom. The molecule has 0 aliphatic rings. The van der Waals surface area contributed by atoms with E-state index in [1.54, 1.807) is 0 Å². The molecule has 50 heavy (non-hydrogen) atoms. The minimum atomic E-state index is -4.64. The van der Waals surface area contributed by atoms with Crippen molar-refractivity contribution in [2.24, 2.45) is 5.41 Å². The van der Waals surface area contributed by atoms with Crippen LogP contribution in [0.1, 0.15) is 232 Å². The summed E-state index contributed by atoms with van der Waals surface area (Å²) in [7, 11) is -4.64. The molecule has 0 aromatic carbocycles. The lowest BCUT2D eigenvalue weighted by Gasteiger charge is -2.44. The molecule has 0 aliphatic heterocycles. The molecule has 0 atom stereocenters. The largest absolute Gasteiger partial charge is 0.466 e.